The number of aryl methyl sites for hydroxylation is 1. The van der Waals surface area contributed by atoms with E-state index in [0.29, 0.717) is 24.5 Å². The molecule has 0 bridgehead atoms. The van der Waals surface area contributed by atoms with Gasteiger partial charge in [-0.15, -0.1) is 0 Å². The largest absolute Gasteiger partial charge is 0.465 e. The number of hydrogen-bond acceptors (Lipinski definition) is 4. The summed E-state index contributed by atoms with van der Waals surface area (Å²) >= 11 is 0. The molecule has 0 aliphatic carbocycles. The van der Waals surface area contributed by atoms with E-state index in [1.807, 2.05) is 13.8 Å². The molecule has 1 aliphatic heterocycles. The molecule has 2 heterocycles. The minimum Gasteiger partial charge on any atom is -0.465 e. The number of amides is 2. The second-order valence-electron chi connectivity index (χ2n) is 5.26. The van der Waals surface area contributed by atoms with Crippen LogP contribution in [0.5, 0.6) is 0 Å². The first-order valence-corrected chi connectivity index (χ1v) is 6.70. The van der Waals surface area contributed by atoms with E-state index in [1.165, 1.54) is 4.90 Å². The lowest BCUT2D eigenvalue weighted by Crippen LogP contribution is -2.54. The van der Waals surface area contributed by atoms with Gasteiger partial charge in [0.05, 0.1) is 18.8 Å². The maximum Gasteiger partial charge on any atom is 0.258 e. The molecule has 0 radical (unpaired) electrons. The molecule has 1 aromatic heterocycles. The highest BCUT2D eigenvalue weighted by Crippen LogP contribution is 2.24. The fourth-order valence-electron chi connectivity index (χ4n) is 2.24. The molecule has 0 saturated carbocycles. The Morgan fingerprint density at radius 3 is 2.70 bits per heavy atom. The Kier molecular flexibility index (Phi) is 4.13. The third kappa shape index (κ3) is 2.70. The van der Waals surface area contributed by atoms with Crippen LogP contribution in [0.4, 0.5) is 0 Å². The minimum atomic E-state index is -0.715. The predicted octanol–water partition coefficient (Wildman–Crippen LogP) is 1.04. The van der Waals surface area contributed by atoms with Crippen LogP contribution in [-0.4, -0.2) is 42.5 Å². The van der Waals surface area contributed by atoms with Crippen molar-refractivity contribution < 1.29 is 18.7 Å². The molecule has 6 heteroatoms. The summed E-state index contributed by atoms with van der Waals surface area (Å²) in [4.78, 5) is 25.5. The van der Waals surface area contributed by atoms with Crippen molar-refractivity contribution in [2.45, 2.75) is 32.7 Å². The number of carbonyl (C=O) groups excluding carboxylic acids is 2. The smallest absolute Gasteiger partial charge is 0.258 e. The number of ether oxygens (including phenoxy) is 1. The van der Waals surface area contributed by atoms with Gasteiger partial charge < -0.3 is 19.8 Å². The Morgan fingerprint density at radius 1 is 1.45 bits per heavy atom. The molecule has 0 spiro atoms. The van der Waals surface area contributed by atoms with E-state index < -0.39 is 11.9 Å². The minimum absolute atomic E-state index is 0.148. The molecular weight excluding hydrogens is 260 g/mol. The molecule has 2 amide bonds. The topological polar surface area (TPSA) is 85.8 Å². The van der Waals surface area contributed by atoms with E-state index in [2.05, 4.69) is 0 Å². The summed E-state index contributed by atoms with van der Waals surface area (Å²) < 4.78 is 10.8. The number of carbonyl (C=O) groups is 2. The van der Waals surface area contributed by atoms with Gasteiger partial charge in [0.1, 0.15) is 17.6 Å². The Hall–Kier alpha value is -1.82. The fourth-order valence-corrected chi connectivity index (χ4v) is 2.24. The van der Waals surface area contributed by atoms with Gasteiger partial charge >= 0.3 is 0 Å². The van der Waals surface area contributed by atoms with Gasteiger partial charge in [-0.1, -0.05) is 13.8 Å². The van der Waals surface area contributed by atoms with Gasteiger partial charge in [-0.3, -0.25) is 9.59 Å². The van der Waals surface area contributed by atoms with Crippen LogP contribution in [0.1, 0.15) is 41.6 Å². The zero-order valence-corrected chi connectivity index (χ0v) is 12.0. The van der Waals surface area contributed by atoms with E-state index in [9.17, 15) is 9.59 Å². The zero-order valence-electron chi connectivity index (χ0n) is 12.0. The molecule has 1 saturated heterocycles. The molecule has 20 heavy (non-hydrogen) atoms. The summed E-state index contributed by atoms with van der Waals surface area (Å²) in [6.45, 7) is 6.65. The number of rotatable bonds is 3. The molecule has 0 aromatic carbocycles. The van der Waals surface area contributed by atoms with Crippen molar-refractivity contribution in [3.8, 4) is 0 Å². The molecule has 2 N–H and O–H groups in total. The highest BCUT2D eigenvalue weighted by molar-refractivity contribution is 5.98. The first kappa shape index (κ1) is 14.6. The highest BCUT2D eigenvalue weighted by atomic mass is 16.5. The average Bonchev–Trinajstić information content (AvgIpc) is 2.80. The first-order valence-electron chi connectivity index (χ1n) is 6.70. The molecule has 6 nitrogen and oxygen atoms in total. The Bertz CT molecular complexity index is 521. The molecular formula is C14H20N2O4. The second kappa shape index (κ2) is 5.66. The van der Waals surface area contributed by atoms with Crippen LogP contribution in [-0.2, 0) is 9.53 Å². The van der Waals surface area contributed by atoms with Gasteiger partial charge in [0.25, 0.3) is 5.91 Å². The molecule has 1 atom stereocenters. The van der Waals surface area contributed by atoms with E-state index >= 15 is 0 Å². The Labute approximate surface area is 117 Å². The molecule has 110 valence electrons. The van der Waals surface area contributed by atoms with Crippen LogP contribution >= 0.6 is 0 Å². The Balaban J connectivity index is 2.27. The number of nitrogens with zero attached hydrogens (tertiary/aromatic N) is 1. The maximum atomic E-state index is 12.6. The SMILES string of the molecule is Cc1oc(C(C)C)cc1C(=O)N1CCOCC1C(N)=O. The molecule has 1 unspecified atom stereocenters. The van der Waals surface area contributed by atoms with Crippen LogP contribution in [0.15, 0.2) is 10.5 Å². The van der Waals surface area contributed by atoms with Crippen molar-refractivity contribution in [2.75, 3.05) is 19.8 Å². The zero-order chi connectivity index (χ0) is 14.9. The number of nitrogens with two attached hydrogens (primary N) is 1. The molecule has 1 aromatic rings. The lowest BCUT2D eigenvalue weighted by atomic mass is 10.1. The first-order chi connectivity index (χ1) is 9.41. The molecule has 1 fully saturated rings. The van der Waals surface area contributed by atoms with Crippen molar-refractivity contribution in [1.82, 2.24) is 4.90 Å². The third-order valence-corrected chi connectivity index (χ3v) is 3.45. The monoisotopic (exact) mass is 280 g/mol. The van der Waals surface area contributed by atoms with Crippen molar-refractivity contribution >= 4 is 11.8 Å². The maximum absolute atomic E-state index is 12.6. The van der Waals surface area contributed by atoms with Crippen LogP contribution in [0.3, 0.4) is 0 Å². The Morgan fingerprint density at radius 2 is 2.15 bits per heavy atom. The fraction of sp³-hybridized carbons (Fsp3) is 0.571. The number of hydrogen-bond donors (Lipinski definition) is 1. The lowest BCUT2D eigenvalue weighted by Gasteiger charge is -2.33. The summed E-state index contributed by atoms with van der Waals surface area (Å²) in [7, 11) is 0. The molecule has 2 rings (SSSR count). The summed E-state index contributed by atoms with van der Waals surface area (Å²) in [5, 5.41) is 0. The number of morpholine rings is 1. The molecule has 1 aliphatic rings. The second-order valence-corrected chi connectivity index (χ2v) is 5.26. The van der Waals surface area contributed by atoms with Gasteiger partial charge in [0.2, 0.25) is 5.91 Å². The van der Waals surface area contributed by atoms with Crippen LogP contribution < -0.4 is 5.73 Å². The van der Waals surface area contributed by atoms with Crippen molar-refractivity contribution in [1.29, 1.82) is 0 Å². The number of primary amides is 1. The quantitative estimate of drug-likeness (QED) is 0.896. The number of furan rings is 1. The van der Waals surface area contributed by atoms with E-state index in [-0.39, 0.29) is 18.4 Å². The summed E-state index contributed by atoms with van der Waals surface area (Å²) in [5.74, 6) is 0.739. The van der Waals surface area contributed by atoms with E-state index in [1.54, 1.807) is 13.0 Å². The average molecular weight is 280 g/mol. The van der Waals surface area contributed by atoms with Gasteiger partial charge in [-0.25, -0.2) is 0 Å². The van der Waals surface area contributed by atoms with Crippen molar-refractivity contribution in [3.05, 3.63) is 23.2 Å². The van der Waals surface area contributed by atoms with E-state index in [0.717, 1.165) is 5.76 Å². The normalized spacial score (nSPS) is 19.4. The summed E-state index contributed by atoms with van der Waals surface area (Å²) in [6, 6.07) is 1.03. The van der Waals surface area contributed by atoms with Gasteiger partial charge in [0.15, 0.2) is 0 Å². The third-order valence-electron chi connectivity index (χ3n) is 3.45. The van der Waals surface area contributed by atoms with Crippen molar-refractivity contribution in [3.63, 3.8) is 0 Å². The van der Waals surface area contributed by atoms with Gasteiger partial charge in [0, 0.05) is 12.5 Å². The summed E-state index contributed by atoms with van der Waals surface area (Å²) in [6.07, 6.45) is 0. The van der Waals surface area contributed by atoms with Crippen LogP contribution in [0, 0.1) is 6.92 Å². The van der Waals surface area contributed by atoms with Gasteiger partial charge in [-0.05, 0) is 13.0 Å². The van der Waals surface area contributed by atoms with Gasteiger partial charge in [-0.2, -0.15) is 0 Å². The summed E-state index contributed by atoms with van der Waals surface area (Å²) in [5.41, 5.74) is 5.82. The van der Waals surface area contributed by atoms with Crippen LogP contribution in [0.2, 0.25) is 0 Å². The predicted molar refractivity (Wildman–Crippen MR) is 72.4 cm³/mol. The van der Waals surface area contributed by atoms with Crippen LogP contribution in [0.25, 0.3) is 0 Å². The standard InChI is InChI=1S/C14H20N2O4/c1-8(2)12-6-10(9(3)20-12)14(18)16-4-5-19-7-11(16)13(15)17/h6,8,11H,4-5,7H2,1-3H3,(H2,15,17). The highest BCUT2D eigenvalue weighted by Gasteiger charge is 2.33. The van der Waals surface area contributed by atoms with Crippen molar-refractivity contribution in [2.24, 2.45) is 5.73 Å². The lowest BCUT2D eigenvalue weighted by molar-refractivity contribution is -0.127. The van der Waals surface area contributed by atoms with E-state index in [4.69, 9.17) is 14.9 Å².